The molecule has 2 aliphatic heterocycles. The zero-order chi connectivity index (χ0) is 23.1. The minimum atomic E-state index is -4.42. The maximum absolute atomic E-state index is 13.8. The molecule has 4 rings (SSSR count). The van der Waals surface area contributed by atoms with Crippen LogP contribution in [-0.2, 0) is 22.3 Å². The average molecular weight is 455 g/mol. The van der Waals surface area contributed by atoms with Gasteiger partial charge in [0.15, 0.2) is 6.73 Å². The van der Waals surface area contributed by atoms with E-state index in [1.54, 1.807) is 4.90 Å². The molecule has 0 unspecified atom stereocenters. The fourth-order valence-corrected chi connectivity index (χ4v) is 5.62. The minimum absolute atomic E-state index is 0.00145. The number of fused-ring (bicyclic) bond motifs is 1. The van der Waals surface area contributed by atoms with Gasteiger partial charge in [-0.2, -0.15) is 13.2 Å². The molecule has 5 nitrogen and oxygen atoms in total. The van der Waals surface area contributed by atoms with E-state index in [4.69, 9.17) is 9.47 Å². The molecule has 3 aliphatic rings. The van der Waals surface area contributed by atoms with Crippen LogP contribution in [0.15, 0.2) is 18.2 Å². The van der Waals surface area contributed by atoms with Gasteiger partial charge in [0.25, 0.3) is 0 Å². The Morgan fingerprint density at radius 3 is 2.56 bits per heavy atom. The fourth-order valence-electron chi connectivity index (χ4n) is 5.62. The third-order valence-electron chi connectivity index (χ3n) is 7.81. The topological polar surface area (TPSA) is 42.0 Å². The molecule has 1 aromatic carbocycles. The Labute approximate surface area is 187 Å². The van der Waals surface area contributed by atoms with Crippen LogP contribution in [0.4, 0.5) is 13.2 Å². The second-order valence-corrected chi connectivity index (χ2v) is 9.81. The highest BCUT2D eigenvalue weighted by atomic mass is 19.4. The number of rotatable bonds is 4. The summed E-state index contributed by atoms with van der Waals surface area (Å²) in [5.41, 5.74) is -0.828. The summed E-state index contributed by atoms with van der Waals surface area (Å²) in [6.07, 6.45) is 0.0912. The first-order valence-electron chi connectivity index (χ1n) is 11.5. The number of amides is 1. The van der Waals surface area contributed by atoms with Gasteiger partial charge in [0.2, 0.25) is 5.91 Å². The van der Waals surface area contributed by atoms with Crippen LogP contribution in [0.2, 0.25) is 0 Å². The number of benzene rings is 1. The molecule has 2 atom stereocenters. The first-order chi connectivity index (χ1) is 15.1. The zero-order valence-corrected chi connectivity index (χ0v) is 19.1. The highest BCUT2D eigenvalue weighted by molar-refractivity contribution is 5.83. The zero-order valence-electron chi connectivity index (χ0n) is 19.1. The Morgan fingerprint density at radius 1 is 1.19 bits per heavy atom. The number of hydrogen-bond acceptors (Lipinski definition) is 4. The Hall–Kier alpha value is -1.80. The molecule has 2 heterocycles. The van der Waals surface area contributed by atoms with Gasteiger partial charge in [-0.1, -0.05) is 13.8 Å². The van der Waals surface area contributed by atoms with Crippen molar-refractivity contribution < 1.29 is 27.4 Å². The molecule has 0 radical (unpaired) electrons. The molecule has 2 fully saturated rings. The Kier molecular flexibility index (Phi) is 6.47. The summed E-state index contributed by atoms with van der Waals surface area (Å²) in [5.74, 6) is 0.550. The lowest BCUT2D eigenvalue weighted by Gasteiger charge is -2.41. The summed E-state index contributed by atoms with van der Waals surface area (Å²) in [6.45, 7) is 5.93. The van der Waals surface area contributed by atoms with E-state index in [0.717, 1.165) is 57.5 Å². The number of alkyl halides is 3. The minimum Gasteiger partial charge on any atom is -0.473 e. The lowest BCUT2D eigenvalue weighted by atomic mass is 9.74. The van der Waals surface area contributed by atoms with E-state index in [9.17, 15) is 18.0 Å². The van der Waals surface area contributed by atoms with Crippen LogP contribution < -0.4 is 4.74 Å². The number of hydrogen-bond donors (Lipinski definition) is 0. The van der Waals surface area contributed by atoms with Crippen LogP contribution in [0.25, 0.3) is 0 Å². The maximum atomic E-state index is 13.8. The van der Waals surface area contributed by atoms with Crippen LogP contribution in [0.5, 0.6) is 5.75 Å². The lowest BCUT2D eigenvalue weighted by Crippen LogP contribution is -2.49. The van der Waals surface area contributed by atoms with Gasteiger partial charge in [0.05, 0.1) is 17.5 Å². The molecule has 1 aromatic rings. The quantitative estimate of drug-likeness (QED) is 0.662. The number of halogens is 3. The second-order valence-electron chi connectivity index (χ2n) is 9.81. The van der Waals surface area contributed by atoms with Crippen molar-refractivity contribution >= 4 is 5.91 Å². The van der Waals surface area contributed by atoms with Crippen molar-refractivity contribution in [3.05, 3.63) is 29.3 Å². The average Bonchev–Trinajstić information content (AvgIpc) is 3.24. The van der Waals surface area contributed by atoms with Crippen LogP contribution >= 0.6 is 0 Å². The summed E-state index contributed by atoms with van der Waals surface area (Å²) < 4.78 is 50.7. The summed E-state index contributed by atoms with van der Waals surface area (Å²) in [7, 11) is 2.15. The summed E-state index contributed by atoms with van der Waals surface area (Å²) in [5, 5.41) is 0. The summed E-state index contributed by atoms with van der Waals surface area (Å²) >= 11 is 0. The Morgan fingerprint density at radius 2 is 1.91 bits per heavy atom. The molecule has 1 aliphatic carbocycles. The molecule has 1 saturated carbocycles. The number of carbonyl (C=O) groups is 1. The molecule has 8 heteroatoms. The van der Waals surface area contributed by atoms with E-state index < -0.39 is 17.2 Å². The molecule has 32 heavy (non-hydrogen) atoms. The standard InChI is InChI=1S/C24H33F3N2O3/c1-16(2)23(9-6-20(13-23)28(3)19-7-10-31-11-8-19)22(30)29-14-17-12-18(24(25,26)27)4-5-21(17)32-15-29/h4-5,12,16,19-20H,6-11,13-15H2,1-3H3/t20-,23+/m0/s1. The first kappa shape index (κ1) is 23.4. The van der Waals surface area contributed by atoms with Gasteiger partial charge in [-0.3, -0.25) is 4.79 Å². The van der Waals surface area contributed by atoms with Gasteiger partial charge >= 0.3 is 6.18 Å². The van der Waals surface area contributed by atoms with Crippen LogP contribution in [0.1, 0.15) is 57.1 Å². The number of ether oxygens (including phenoxy) is 2. The molecular formula is C24H33F3N2O3. The van der Waals surface area contributed by atoms with Crippen molar-refractivity contribution in [2.24, 2.45) is 11.3 Å². The number of carbonyl (C=O) groups excluding carboxylic acids is 1. The molecule has 1 saturated heterocycles. The van der Waals surface area contributed by atoms with E-state index in [0.29, 0.717) is 23.4 Å². The van der Waals surface area contributed by atoms with Gasteiger partial charge in [0, 0.05) is 30.9 Å². The van der Waals surface area contributed by atoms with Crippen LogP contribution in [-0.4, -0.2) is 54.8 Å². The fraction of sp³-hybridized carbons (Fsp3) is 0.708. The summed E-state index contributed by atoms with van der Waals surface area (Å²) in [6, 6.07) is 4.27. The number of nitrogens with zero attached hydrogens (tertiary/aromatic N) is 2. The monoisotopic (exact) mass is 454 g/mol. The largest absolute Gasteiger partial charge is 0.473 e. The Bertz CT molecular complexity index is 838. The predicted octanol–water partition coefficient (Wildman–Crippen LogP) is 4.69. The van der Waals surface area contributed by atoms with E-state index in [2.05, 4.69) is 25.8 Å². The molecule has 0 aromatic heterocycles. The third kappa shape index (κ3) is 4.36. The van der Waals surface area contributed by atoms with Crippen LogP contribution in [0, 0.1) is 11.3 Å². The normalized spacial score (nSPS) is 27.0. The van der Waals surface area contributed by atoms with Crippen molar-refractivity contribution in [2.45, 2.75) is 70.8 Å². The van der Waals surface area contributed by atoms with E-state index in [-0.39, 0.29) is 25.1 Å². The van der Waals surface area contributed by atoms with Gasteiger partial charge in [0.1, 0.15) is 5.75 Å². The first-order valence-corrected chi connectivity index (χ1v) is 11.5. The highest BCUT2D eigenvalue weighted by Gasteiger charge is 2.51. The molecule has 0 N–H and O–H groups in total. The Balaban J connectivity index is 1.51. The van der Waals surface area contributed by atoms with E-state index in [1.165, 1.54) is 6.07 Å². The van der Waals surface area contributed by atoms with Gasteiger partial charge in [-0.25, -0.2) is 0 Å². The molecule has 1 amide bonds. The molecular weight excluding hydrogens is 421 g/mol. The highest BCUT2D eigenvalue weighted by Crippen LogP contribution is 2.48. The maximum Gasteiger partial charge on any atom is 0.416 e. The van der Waals surface area contributed by atoms with Gasteiger partial charge in [-0.05, 0) is 63.3 Å². The van der Waals surface area contributed by atoms with Crippen molar-refractivity contribution in [1.29, 1.82) is 0 Å². The van der Waals surface area contributed by atoms with E-state index >= 15 is 0 Å². The third-order valence-corrected chi connectivity index (χ3v) is 7.81. The van der Waals surface area contributed by atoms with Crippen molar-refractivity contribution in [2.75, 3.05) is 27.0 Å². The van der Waals surface area contributed by atoms with Gasteiger partial charge < -0.3 is 19.3 Å². The van der Waals surface area contributed by atoms with Crippen molar-refractivity contribution in [1.82, 2.24) is 9.80 Å². The molecule has 178 valence electrons. The van der Waals surface area contributed by atoms with Gasteiger partial charge in [-0.15, -0.1) is 0 Å². The molecule has 0 bridgehead atoms. The van der Waals surface area contributed by atoms with E-state index in [1.807, 2.05) is 0 Å². The predicted molar refractivity (Wildman–Crippen MR) is 114 cm³/mol. The second kappa shape index (κ2) is 8.86. The SMILES string of the molecule is CC(C)[C@@]1(C(=O)N2COc3ccc(C(F)(F)F)cc3C2)CC[C@H](N(C)C2CCOCC2)C1. The van der Waals surface area contributed by atoms with Crippen LogP contribution in [0.3, 0.4) is 0 Å². The lowest BCUT2D eigenvalue weighted by molar-refractivity contribution is -0.150. The van der Waals surface area contributed by atoms with Crippen molar-refractivity contribution in [3.8, 4) is 5.75 Å². The molecule has 0 spiro atoms. The summed E-state index contributed by atoms with van der Waals surface area (Å²) in [4.78, 5) is 17.8. The van der Waals surface area contributed by atoms with Crippen molar-refractivity contribution in [3.63, 3.8) is 0 Å². The smallest absolute Gasteiger partial charge is 0.416 e.